The van der Waals surface area contributed by atoms with E-state index in [4.69, 9.17) is 9.47 Å². The molecule has 0 aliphatic carbocycles. The number of ether oxygens (including phenoxy) is 2. The number of rotatable bonds is 8. The van der Waals surface area contributed by atoms with Gasteiger partial charge in [0.05, 0.1) is 26.2 Å². The van der Waals surface area contributed by atoms with Gasteiger partial charge < -0.3 is 29.5 Å². The molecule has 2 atom stereocenters. The summed E-state index contributed by atoms with van der Waals surface area (Å²) in [6, 6.07) is 11.4. The number of methoxy groups -OCH3 is 2. The lowest BCUT2D eigenvalue weighted by Gasteiger charge is -2.45. The van der Waals surface area contributed by atoms with Crippen molar-refractivity contribution in [2.24, 2.45) is 0 Å². The van der Waals surface area contributed by atoms with Crippen molar-refractivity contribution in [1.29, 1.82) is 0 Å². The van der Waals surface area contributed by atoms with E-state index in [0.29, 0.717) is 35.7 Å². The Labute approximate surface area is 219 Å². The van der Waals surface area contributed by atoms with Crippen molar-refractivity contribution in [1.82, 2.24) is 20.0 Å². The van der Waals surface area contributed by atoms with Crippen LogP contribution in [0, 0.1) is 0 Å². The molecule has 3 aliphatic heterocycles. The molecule has 198 valence electrons. The summed E-state index contributed by atoms with van der Waals surface area (Å²) in [5.74, 6) is 0.375. The van der Waals surface area contributed by atoms with Crippen molar-refractivity contribution >= 4 is 11.8 Å². The Balaban J connectivity index is 1.39. The van der Waals surface area contributed by atoms with Gasteiger partial charge in [-0.3, -0.25) is 9.59 Å². The smallest absolute Gasteiger partial charge is 0.254 e. The maximum atomic E-state index is 13.9. The van der Waals surface area contributed by atoms with E-state index in [1.807, 2.05) is 23.1 Å². The van der Waals surface area contributed by atoms with Gasteiger partial charge in [0.2, 0.25) is 5.91 Å². The number of likely N-dealkylation sites (N-methyl/N-ethyl adjacent to an activating group) is 1. The first-order chi connectivity index (χ1) is 18.0. The molecule has 1 saturated heterocycles. The monoisotopic (exact) mass is 506 g/mol. The average molecular weight is 507 g/mol. The molecular weight excluding hydrogens is 468 g/mol. The average Bonchev–Trinajstić information content (AvgIpc) is 2.95. The van der Waals surface area contributed by atoms with Gasteiger partial charge in [-0.25, -0.2) is 0 Å². The highest BCUT2D eigenvalue weighted by molar-refractivity contribution is 6.02. The predicted octanol–water partition coefficient (Wildman–Crippen LogP) is 2.68. The number of nitrogens with one attached hydrogen (secondary N) is 1. The highest BCUT2D eigenvalue weighted by atomic mass is 16.5. The molecule has 8 heteroatoms. The standard InChI is InChI=1S/C29H38N4O4/c1-4-31-14-16-32(17-15-31)12-7-11-30-28(34)26-22-18-24(36-2)25(37-3)19-23(22)29(35)33-13-10-20-8-5-6-9-21(20)27(26)33/h5-6,8-9,18-19,26-27H,4,7,10-17H2,1-3H3,(H,30,34)/t26-,27+/m1/s1. The van der Waals surface area contributed by atoms with E-state index in [1.165, 1.54) is 5.56 Å². The maximum absolute atomic E-state index is 13.9. The number of amides is 2. The van der Waals surface area contributed by atoms with E-state index in [9.17, 15) is 9.59 Å². The third-order valence-corrected chi connectivity index (χ3v) is 8.17. The van der Waals surface area contributed by atoms with Gasteiger partial charge in [0.1, 0.15) is 0 Å². The molecule has 2 aromatic carbocycles. The fourth-order valence-electron chi connectivity index (χ4n) is 6.09. The van der Waals surface area contributed by atoms with Gasteiger partial charge in [-0.15, -0.1) is 0 Å². The fourth-order valence-corrected chi connectivity index (χ4v) is 6.09. The van der Waals surface area contributed by atoms with Crippen molar-refractivity contribution in [3.63, 3.8) is 0 Å². The summed E-state index contributed by atoms with van der Waals surface area (Å²) in [6.45, 7) is 9.85. The highest BCUT2D eigenvalue weighted by Gasteiger charge is 2.46. The molecular formula is C29H38N4O4. The molecule has 37 heavy (non-hydrogen) atoms. The third kappa shape index (κ3) is 4.92. The lowest BCUT2D eigenvalue weighted by molar-refractivity contribution is -0.124. The predicted molar refractivity (Wildman–Crippen MR) is 142 cm³/mol. The van der Waals surface area contributed by atoms with E-state index < -0.39 is 5.92 Å². The molecule has 0 radical (unpaired) electrons. The van der Waals surface area contributed by atoms with Crippen LogP contribution in [0.3, 0.4) is 0 Å². The Kier molecular flexibility index (Phi) is 7.67. The fraction of sp³-hybridized carbons (Fsp3) is 0.517. The third-order valence-electron chi connectivity index (χ3n) is 8.17. The molecule has 0 saturated carbocycles. The van der Waals surface area contributed by atoms with Crippen molar-refractivity contribution in [3.8, 4) is 11.5 Å². The SMILES string of the molecule is CCN1CCN(CCCNC(=O)[C@@H]2c3cc(OC)c(OC)cc3C(=O)N3CCc4ccccc4[C@@H]23)CC1. The van der Waals surface area contributed by atoms with E-state index >= 15 is 0 Å². The molecule has 5 rings (SSSR count). The minimum Gasteiger partial charge on any atom is -0.493 e. The van der Waals surface area contributed by atoms with Crippen LogP contribution in [0.5, 0.6) is 11.5 Å². The summed E-state index contributed by atoms with van der Waals surface area (Å²) in [5, 5.41) is 3.21. The van der Waals surface area contributed by atoms with E-state index in [2.05, 4.69) is 34.2 Å². The van der Waals surface area contributed by atoms with E-state index in [0.717, 1.165) is 57.7 Å². The lowest BCUT2D eigenvalue weighted by atomic mass is 9.75. The second kappa shape index (κ2) is 11.1. The molecule has 1 fully saturated rings. The van der Waals surface area contributed by atoms with Crippen LogP contribution in [0.4, 0.5) is 0 Å². The minimum atomic E-state index is -0.526. The molecule has 0 aromatic heterocycles. The van der Waals surface area contributed by atoms with Gasteiger partial charge in [0.15, 0.2) is 11.5 Å². The summed E-state index contributed by atoms with van der Waals surface area (Å²) in [4.78, 5) is 34.4. The van der Waals surface area contributed by atoms with E-state index in [-0.39, 0.29) is 17.9 Å². The van der Waals surface area contributed by atoms with Crippen LogP contribution < -0.4 is 14.8 Å². The number of carbonyl (C=O) groups excluding carboxylic acids is 2. The Morgan fingerprint density at radius 2 is 1.68 bits per heavy atom. The second-order valence-electron chi connectivity index (χ2n) is 10.1. The van der Waals surface area contributed by atoms with Crippen LogP contribution in [-0.2, 0) is 11.2 Å². The summed E-state index contributed by atoms with van der Waals surface area (Å²) in [6.07, 6.45) is 1.67. The minimum absolute atomic E-state index is 0.0523. The van der Waals surface area contributed by atoms with Gasteiger partial charge >= 0.3 is 0 Å². The van der Waals surface area contributed by atoms with Crippen LogP contribution in [0.2, 0.25) is 0 Å². The summed E-state index contributed by atoms with van der Waals surface area (Å²) in [7, 11) is 3.14. The second-order valence-corrected chi connectivity index (χ2v) is 10.1. The summed E-state index contributed by atoms with van der Waals surface area (Å²) < 4.78 is 11.0. The number of carbonyl (C=O) groups is 2. The molecule has 8 nitrogen and oxygen atoms in total. The number of piperazine rings is 1. The molecule has 2 aromatic rings. The van der Waals surface area contributed by atoms with Crippen LogP contribution >= 0.6 is 0 Å². The van der Waals surface area contributed by atoms with Gasteiger partial charge in [-0.1, -0.05) is 31.2 Å². The molecule has 2 amide bonds. The molecule has 3 heterocycles. The Morgan fingerprint density at radius 3 is 2.41 bits per heavy atom. The quantitative estimate of drug-likeness (QED) is 0.555. The first-order valence-corrected chi connectivity index (χ1v) is 13.4. The molecule has 0 bridgehead atoms. The van der Waals surface area contributed by atoms with Gasteiger partial charge in [0.25, 0.3) is 5.91 Å². The highest BCUT2D eigenvalue weighted by Crippen LogP contribution is 2.48. The Bertz CT molecular complexity index is 1140. The topological polar surface area (TPSA) is 74.4 Å². The molecule has 0 unspecified atom stereocenters. The van der Waals surface area contributed by atoms with E-state index in [1.54, 1.807) is 20.3 Å². The zero-order valence-electron chi connectivity index (χ0n) is 22.2. The number of benzene rings is 2. The largest absolute Gasteiger partial charge is 0.493 e. The van der Waals surface area contributed by atoms with Crippen molar-refractivity contribution in [2.45, 2.75) is 31.7 Å². The summed E-state index contributed by atoms with van der Waals surface area (Å²) >= 11 is 0. The zero-order valence-corrected chi connectivity index (χ0v) is 22.2. The lowest BCUT2D eigenvalue weighted by Crippen LogP contribution is -2.50. The van der Waals surface area contributed by atoms with Crippen LogP contribution in [-0.4, -0.2) is 93.1 Å². The molecule has 1 N–H and O–H groups in total. The van der Waals surface area contributed by atoms with Gasteiger partial charge in [-0.2, -0.15) is 0 Å². The molecule has 3 aliphatic rings. The Morgan fingerprint density at radius 1 is 0.973 bits per heavy atom. The van der Waals surface area contributed by atoms with Crippen molar-refractivity contribution in [3.05, 3.63) is 58.7 Å². The van der Waals surface area contributed by atoms with Crippen LogP contribution in [0.1, 0.15) is 52.4 Å². The number of hydrogen-bond donors (Lipinski definition) is 1. The normalized spacial score (nSPS) is 21.6. The van der Waals surface area contributed by atoms with Crippen molar-refractivity contribution < 1.29 is 19.1 Å². The van der Waals surface area contributed by atoms with Crippen molar-refractivity contribution in [2.75, 3.05) is 66.6 Å². The van der Waals surface area contributed by atoms with Crippen LogP contribution in [0.15, 0.2) is 36.4 Å². The van der Waals surface area contributed by atoms with Gasteiger partial charge in [-0.05, 0) is 54.8 Å². The Hall–Kier alpha value is -3.10. The first-order valence-electron chi connectivity index (χ1n) is 13.4. The number of hydrogen-bond acceptors (Lipinski definition) is 6. The first kappa shape index (κ1) is 25.5. The molecule has 0 spiro atoms. The van der Waals surface area contributed by atoms with Gasteiger partial charge in [0, 0.05) is 44.8 Å². The maximum Gasteiger partial charge on any atom is 0.254 e. The summed E-state index contributed by atoms with van der Waals surface area (Å²) in [5.41, 5.74) is 3.47. The number of fused-ring (bicyclic) bond motifs is 4. The van der Waals surface area contributed by atoms with Crippen LogP contribution in [0.25, 0.3) is 0 Å². The zero-order chi connectivity index (χ0) is 25.9. The number of nitrogens with zero attached hydrogens (tertiary/aromatic N) is 3.